The van der Waals surface area contributed by atoms with Crippen molar-refractivity contribution in [2.75, 3.05) is 38.2 Å². The fourth-order valence-corrected chi connectivity index (χ4v) is 1.71. The van der Waals surface area contributed by atoms with Crippen molar-refractivity contribution in [2.24, 2.45) is 0 Å². The molecule has 1 aromatic heterocycles. The van der Waals surface area contributed by atoms with E-state index in [1.807, 2.05) is 0 Å². The summed E-state index contributed by atoms with van der Waals surface area (Å²) in [6.07, 6.45) is 9.76. The predicted molar refractivity (Wildman–Crippen MR) is 68.7 cm³/mol. The van der Waals surface area contributed by atoms with Gasteiger partial charge in [0.15, 0.2) is 7.11 Å². The highest BCUT2D eigenvalue weighted by Crippen LogP contribution is 2.33. The highest BCUT2D eigenvalue weighted by atomic mass is 32.3. The second-order valence-electron chi connectivity index (χ2n) is 4.51. The van der Waals surface area contributed by atoms with Crippen LogP contribution >= 0.6 is 10.0 Å². The van der Waals surface area contributed by atoms with Crippen LogP contribution in [0.5, 0.6) is 0 Å². The van der Waals surface area contributed by atoms with Gasteiger partial charge in [0.05, 0.1) is 11.5 Å². The van der Waals surface area contributed by atoms with E-state index in [0.29, 0.717) is 23.9 Å². The Balaban J connectivity index is 2.33. The average Bonchev–Trinajstić information content (AvgIpc) is 2.70. The van der Waals surface area contributed by atoms with Crippen LogP contribution in [0.25, 0.3) is 0 Å². The summed E-state index contributed by atoms with van der Waals surface area (Å²) in [6, 6.07) is 0. The van der Waals surface area contributed by atoms with Crippen molar-refractivity contribution in [3.8, 4) is 0 Å². The fourth-order valence-electron chi connectivity index (χ4n) is 1.09. The molecule has 6 nitrogen and oxygen atoms in total. The predicted octanol–water partition coefficient (Wildman–Crippen LogP) is 1.52. The van der Waals surface area contributed by atoms with Gasteiger partial charge in [0.25, 0.3) is 4.92 Å². The lowest BCUT2D eigenvalue weighted by atomic mass is 10.6. The zero-order valence-electron chi connectivity index (χ0n) is 10.8. The van der Waals surface area contributed by atoms with Gasteiger partial charge in [-0.15, -0.1) is 0 Å². The van der Waals surface area contributed by atoms with Crippen LogP contribution in [0.2, 0.25) is 0 Å². The molecule has 0 N–H and O–H groups in total. The van der Waals surface area contributed by atoms with Crippen LogP contribution in [0, 0.1) is 4.91 Å². The molecule has 0 saturated heterocycles. The van der Waals surface area contributed by atoms with Crippen molar-refractivity contribution < 1.29 is 14.5 Å². The first-order valence-electron chi connectivity index (χ1n) is 5.20. The Labute approximate surface area is 103 Å². The summed E-state index contributed by atoms with van der Waals surface area (Å²) in [5, 5.41) is 4.00. The van der Waals surface area contributed by atoms with Crippen molar-refractivity contribution in [3.63, 3.8) is 0 Å². The van der Waals surface area contributed by atoms with Crippen molar-refractivity contribution in [1.29, 1.82) is 0 Å². The van der Waals surface area contributed by atoms with Gasteiger partial charge >= 0.3 is 5.69 Å². The maximum atomic E-state index is 11.1. The van der Waals surface area contributed by atoms with Gasteiger partial charge in [-0.2, -0.15) is 5.10 Å². The van der Waals surface area contributed by atoms with E-state index < -0.39 is 10.0 Å². The molecule has 0 aliphatic rings. The van der Waals surface area contributed by atoms with E-state index >= 15 is 0 Å². The minimum atomic E-state index is -0.524. The molecule has 98 valence electrons. The first-order valence-corrected chi connectivity index (χ1v) is 8.22. The smallest absolute Gasteiger partial charge is 0.354 e. The van der Waals surface area contributed by atoms with Gasteiger partial charge in [0, 0.05) is 5.75 Å². The Morgan fingerprint density at radius 2 is 2.18 bits per heavy atom. The van der Waals surface area contributed by atoms with Gasteiger partial charge in [-0.05, 0) is 18.8 Å². The van der Waals surface area contributed by atoms with E-state index in [-0.39, 0.29) is 0 Å². The summed E-state index contributed by atoms with van der Waals surface area (Å²) in [6.45, 7) is 1.06. The Bertz CT molecular complexity index is 373. The van der Waals surface area contributed by atoms with E-state index in [2.05, 4.69) is 28.7 Å². The SMILES string of the molecule is CO[N+](=O)c1cnn(COCCS(C)(C)C)c1. The van der Waals surface area contributed by atoms with Crippen LogP contribution in [0.1, 0.15) is 0 Å². The maximum absolute atomic E-state index is 11.1. The lowest BCUT2D eigenvalue weighted by Gasteiger charge is -2.24. The average molecular weight is 262 g/mol. The van der Waals surface area contributed by atoms with Crippen molar-refractivity contribution >= 4 is 15.7 Å². The summed E-state index contributed by atoms with van der Waals surface area (Å²) in [4.78, 5) is 16.0. The summed E-state index contributed by atoms with van der Waals surface area (Å²) >= 11 is 0. The van der Waals surface area contributed by atoms with Crippen LogP contribution in [0.3, 0.4) is 0 Å². The Kier molecular flexibility index (Phi) is 4.95. The molecule has 0 aliphatic carbocycles. The zero-order chi connectivity index (χ0) is 12.9. The minimum Gasteiger partial charge on any atom is -0.358 e. The summed E-state index contributed by atoms with van der Waals surface area (Å²) in [5.74, 6) is 1.06. The standard InChI is InChI=1S/C10H20N3O3S/c1-15-13(14)10-7-11-12(8-10)9-16-5-6-17(2,3)4/h7-8H,5-6,9H2,1-4H3/q+1. The van der Waals surface area contributed by atoms with Gasteiger partial charge in [0.1, 0.15) is 19.1 Å². The van der Waals surface area contributed by atoms with Gasteiger partial charge in [-0.25, -0.2) is 19.5 Å². The molecule has 0 unspecified atom stereocenters. The lowest BCUT2D eigenvalue weighted by Crippen LogP contribution is -2.10. The third-order valence-corrected chi connectivity index (χ3v) is 3.45. The molecule has 0 saturated carbocycles. The Hall–Kier alpha value is -1.08. The van der Waals surface area contributed by atoms with E-state index in [1.54, 1.807) is 10.9 Å². The normalized spacial score (nSPS) is 12.5. The van der Waals surface area contributed by atoms with Crippen molar-refractivity contribution in [2.45, 2.75) is 6.73 Å². The van der Waals surface area contributed by atoms with Gasteiger partial charge in [-0.3, -0.25) is 0 Å². The third-order valence-electron chi connectivity index (χ3n) is 2.06. The van der Waals surface area contributed by atoms with Crippen LogP contribution in [-0.4, -0.2) is 52.9 Å². The Morgan fingerprint density at radius 1 is 1.47 bits per heavy atom. The quantitative estimate of drug-likeness (QED) is 0.552. The molecule has 1 rings (SSSR count). The molecule has 0 aromatic carbocycles. The summed E-state index contributed by atoms with van der Waals surface area (Å²) < 4.78 is 7.05. The first kappa shape index (κ1) is 14.0. The third kappa shape index (κ3) is 5.18. The highest BCUT2D eigenvalue weighted by molar-refractivity contribution is 8.32. The molecule has 0 atom stereocenters. The largest absolute Gasteiger partial charge is 0.358 e. The molecule has 7 heteroatoms. The second kappa shape index (κ2) is 6.02. The molecular weight excluding hydrogens is 242 g/mol. The number of hydrogen-bond donors (Lipinski definition) is 0. The number of rotatable bonds is 7. The summed E-state index contributed by atoms with van der Waals surface area (Å²) in [5.41, 5.74) is 0.359. The molecule has 0 radical (unpaired) electrons. The molecule has 1 heterocycles. The first-order chi connectivity index (χ1) is 7.92. The molecule has 1 aromatic rings. The molecule has 0 fully saturated rings. The molecule has 17 heavy (non-hydrogen) atoms. The minimum absolute atomic E-state index is 0.354. The van der Waals surface area contributed by atoms with Gasteiger partial charge < -0.3 is 4.74 Å². The molecule has 0 spiro atoms. The van der Waals surface area contributed by atoms with Crippen molar-refractivity contribution in [3.05, 3.63) is 17.3 Å². The molecule has 0 amide bonds. The maximum Gasteiger partial charge on any atom is 0.354 e. The van der Waals surface area contributed by atoms with Crippen LogP contribution in [-0.2, 0) is 16.3 Å². The monoisotopic (exact) mass is 262 g/mol. The van der Waals surface area contributed by atoms with Crippen LogP contribution in [0.4, 0.5) is 5.69 Å². The van der Waals surface area contributed by atoms with Crippen LogP contribution in [0.15, 0.2) is 12.4 Å². The van der Waals surface area contributed by atoms with E-state index in [9.17, 15) is 4.91 Å². The topological polar surface area (TPSA) is 56.4 Å². The highest BCUT2D eigenvalue weighted by Gasteiger charge is 2.16. The van der Waals surface area contributed by atoms with Crippen molar-refractivity contribution in [1.82, 2.24) is 9.78 Å². The summed E-state index contributed by atoms with van der Waals surface area (Å²) in [7, 11) is 0.789. The second-order valence-corrected chi connectivity index (χ2v) is 9.10. The molecule has 0 aliphatic heterocycles. The number of hydrogen-bond acceptors (Lipinski definition) is 4. The molecule has 0 bridgehead atoms. The number of ether oxygens (including phenoxy) is 1. The van der Waals surface area contributed by atoms with E-state index in [0.717, 1.165) is 5.75 Å². The Morgan fingerprint density at radius 3 is 2.76 bits per heavy atom. The number of nitrogens with zero attached hydrogens (tertiary/aromatic N) is 3. The zero-order valence-corrected chi connectivity index (χ0v) is 11.6. The van der Waals surface area contributed by atoms with Gasteiger partial charge in [0.2, 0.25) is 0 Å². The van der Waals surface area contributed by atoms with E-state index in [4.69, 9.17) is 4.74 Å². The van der Waals surface area contributed by atoms with Crippen LogP contribution < -0.4 is 0 Å². The molecular formula is C10H20N3O3S+. The fraction of sp³-hybridized carbons (Fsp3) is 0.700. The lowest BCUT2D eigenvalue weighted by molar-refractivity contribution is -0.736. The van der Waals surface area contributed by atoms with Gasteiger partial charge in [-0.1, -0.05) is 0 Å². The number of aromatic nitrogens is 2. The van der Waals surface area contributed by atoms with E-state index in [1.165, 1.54) is 13.3 Å².